The zero-order valence-electron chi connectivity index (χ0n) is 21.3. The second-order valence-corrected chi connectivity index (χ2v) is 9.85. The van der Waals surface area contributed by atoms with Gasteiger partial charge in [-0.2, -0.15) is 0 Å². The standard InChI is InChI=1S/C29H31N3O4/c1-5-35-28(34)22-17-30-26(21-8-6-7-18(2)14-21)31-27(22)32-11-9-29(10-12-32)16-23(33)25-20(4)13-19(3)15-24(25)36-29/h6-8,13-15,17H,5,9-12,16H2,1-4H3. The first-order chi connectivity index (χ1) is 17.3. The van der Waals surface area contributed by atoms with Gasteiger partial charge in [0, 0.05) is 37.7 Å². The van der Waals surface area contributed by atoms with E-state index in [0.29, 0.717) is 60.9 Å². The van der Waals surface area contributed by atoms with Crippen LogP contribution in [0.2, 0.25) is 0 Å². The normalized spacial score (nSPS) is 16.4. The number of benzene rings is 2. The van der Waals surface area contributed by atoms with Crippen molar-refractivity contribution >= 4 is 17.6 Å². The Bertz CT molecular complexity index is 1340. The highest BCUT2D eigenvalue weighted by atomic mass is 16.5. The molecule has 0 aliphatic carbocycles. The molecule has 2 aromatic carbocycles. The van der Waals surface area contributed by atoms with Crippen LogP contribution in [0.25, 0.3) is 11.4 Å². The molecule has 1 aromatic heterocycles. The van der Waals surface area contributed by atoms with Gasteiger partial charge in [-0.1, -0.05) is 29.8 Å². The number of aromatic nitrogens is 2. The van der Waals surface area contributed by atoms with Gasteiger partial charge in [0.1, 0.15) is 22.7 Å². The molecule has 0 amide bonds. The van der Waals surface area contributed by atoms with Gasteiger partial charge < -0.3 is 14.4 Å². The highest BCUT2D eigenvalue weighted by Crippen LogP contribution is 2.42. The van der Waals surface area contributed by atoms with Crippen LogP contribution in [0.3, 0.4) is 0 Å². The summed E-state index contributed by atoms with van der Waals surface area (Å²) in [6.07, 6.45) is 3.22. The van der Waals surface area contributed by atoms with E-state index in [2.05, 4.69) is 9.88 Å². The van der Waals surface area contributed by atoms with Crippen LogP contribution in [0.1, 0.15) is 63.6 Å². The van der Waals surface area contributed by atoms with Gasteiger partial charge in [-0.15, -0.1) is 0 Å². The van der Waals surface area contributed by atoms with Crippen LogP contribution in [0.5, 0.6) is 5.75 Å². The summed E-state index contributed by atoms with van der Waals surface area (Å²) < 4.78 is 11.8. The molecule has 3 heterocycles. The van der Waals surface area contributed by atoms with E-state index in [1.807, 2.05) is 57.2 Å². The topological polar surface area (TPSA) is 81.6 Å². The number of anilines is 1. The molecule has 7 heteroatoms. The van der Waals surface area contributed by atoms with Crippen LogP contribution in [-0.2, 0) is 4.74 Å². The van der Waals surface area contributed by atoms with Crippen molar-refractivity contribution in [3.63, 3.8) is 0 Å². The molecule has 0 N–H and O–H groups in total. The Hall–Kier alpha value is -3.74. The minimum absolute atomic E-state index is 0.137. The third kappa shape index (κ3) is 4.45. The van der Waals surface area contributed by atoms with Crippen molar-refractivity contribution in [3.05, 3.63) is 70.4 Å². The van der Waals surface area contributed by atoms with Crippen molar-refractivity contribution in [1.29, 1.82) is 0 Å². The minimum atomic E-state index is -0.544. The van der Waals surface area contributed by atoms with Crippen molar-refractivity contribution in [2.75, 3.05) is 24.6 Å². The molecule has 1 saturated heterocycles. The van der Waals surface area contributed by atoms with E-state index in [9.17, 15) is 9.59 Å². The summed E-state index contributed by atoms with van der Waals surface area (Å²) in [7, 11) is 0. The van der Waals surface area contributed by atoms with E-state index in [4.69, 9.17) is 14.5 Å². The van der Waals surface area contributed by atoms with E-state index < -0.39 is 11.6 Å². The molecular weight excluding hydrogens is 454 g/mol. The predicted octanol–water partition coefficient (Wildman–Crippen LogP) is 5.25. The zero-order valence-corrected chi connectivity index (χ0v) is 21.3. The van der Waals surface area contributed by atoms with E-state index in [-0.39, 0.29) is 12.4 Å². The summed E-state index contributed by atoms with van der Waals surface area (Å²) in [5.74, 6) is 1.51. The van der Waals surface area contributed by atoms with Gasteiger partial charge in [-0.25, -0.2) is 14.8 Å². The van der Waals surface area contributed by atoms with Gasteiger partial charge in [0.15, 0.2) is 11.6 Å². The smallest absolute Gasteiger partial charge is 0.343 e. The van der Waals surface area contributed by atoms with Crippen molar-refractivity contribution in [3.8, 4) is 17.1 Å². The van der Waals surface area contributed by atoms with Crippen LogP contribution < -0.4 is 9.64 Å². The Labute approximate surface area is 211 Å². The monoisotopic (exact) mass is 485 g/mol. The first kappa shape index (κ1) is 24.0. The van der Waals surface area contributed by atoms with Crippen LogP contribution in [0, 0.1) is 20.8 Å². The largest absolute Gasteiger partial charge is 0.486 e. The van der Waals surface area contributed by atoms with Crippen LogP contribution in [0.15, 0.2) is 42.6 Å². The molecular formula is C29H31N3O4. The Kier molecular flexibility index (Phi) is 6.24. The molecule has 0 bridgehead atoms. The van der Waals surface area contributed by atoms with Crippen LogP contribution in [-0.4, -0.2) is 47.0 Å². The number of fused-ring (bicyclic) bond motifs is 1. The van der Waals surface area contributed by atoms with Gasteiger partial charge >= 0.3 is 5.97 Å². The number of piperidine rings is 1. The number of ketones is 1. The summed E-state index contributed by atoms with van der Waals surface area (Å²) in [5, 5.41) is 0. The number of hydrogen-bond donors (Lipinski definition) is 0. The number of ether oxygens (including phenoxy) is 2. The SMILES string of the molecule is CCOC(=O)c1cnc(-c2cccc(C)c2)nc1N1CCC2(CC1)CC(=O)c1c(C)cc(C)cc1O2. The molecule has 1 fully saturated rings. The first-order valence-electron chi connectivity index (χ1n) is 12.5. The average molecular weight is 486 g/mol. The van der Waals surface area contributed by atoms with Crippen molar-refractivity contribution in [1.82, 2.24) is 9.97 Å². The minimum Gasteiger partial charge on any atom is -0.486 e. The fourth-order valence-electron chi connectivity index (χ4n) is 5.31. The summed E-state index contributed by atoms with van der Waals surface area (Å²) in [6.45, 7) is 9.26. The number of aryl methyl sites for hydroxylation is 3. The van der Waals surface area contributed by atoms with Crippen LogP contribution in [0.4, 0.5) is 5.82 Å². The molecule has 0 atom stereocenters. The number of esters is 1. The van der Waals surface area contributed by atoms with Gasteiger partial charge in [0.25, 0.3) is 0 Å². The molecule has 2 aliphatic heterocycles. The number of hydrogen-bond acceptors (Lipinski definition) is 7. The molecule has 2 aliphatic rings. The highest BCUT2D eigenvalue weighted by Gasteiger charge is 2.44. The van der Waals surface area contributed by atoms with E-state index in [1.165, 1.54) is 0 Å². The molecule has 0 saturated carbocycles. The molecule has 7 nitrogen and oxygen atoms in total. The van der Waals surface area contributed by atoms with Gasteiger partial charge in [-0.05, 0) is 51.0 Å². The lowest BCUT2D eigenvalue weighted by Gasteiger charge is -2.44. The fourth-order valence-corrected chi connectivity index (χ4v) is 5.31. The van der Waals surface area contributed by atoms with Gasteiger partial charge in [-0.3, -0.25) is 4.79 Å². The quantitative estimate of drug-likeness (QED) is 0.467. The third-order valence-electron chi connectivity index (χ3n) is 7.05. The average Bonchev–Trinajstić information content (AvgIpc) is 2.83. The van der Waals surface area contributed by atoms with Gasteiger partial charge in [0.2, 0.25) is 0 Å². The van der Waals surface area contributed by atoms with Crippen molar-refractivity contribution in [2.24, 2.45) is 0 Å². The Morgan fingerprint density at radius 1 is 1.11 bits per heavy atom. The third-order valence-corrected chi connectivity index (χ3v) is 7.05. The molecule has 5 rings (SSSR count). The maximum atomic E-state index is 13.1. The van der Waals surface area contributed by atoms with E-state index in [0.717, 1.165) is 22.3 Å². The Morgan fingerprint density at radius 2 is 1.89 bits per heavy atom. The van der Waals surface area contributed by atoms with Crippen molar-refractivity contribution in [2.45, 2.75) is 52.6 Å². The summed E-state index contributed by atoms with van der Waals surface area (Å²) in [6, 6.07) is 12.0. The van der Waals surface area contributed by atoms with Crippen LogP contribution >= 0.6 is 0 Å². The molecule has 3 aromatic rings. The first-order valence-corrected chi connectivity index (χ1v) is 12.5. The number of Topliss-reactive ketones (excluding diaryl/α,β-unsaturated/α-hetero) is 1. The zero-order chi connectivity index (χ0) is 25.4. The summed E-state index contributed by atoms with van der Waals surface area (Å²) in [4.78, 5) is 37.2. The second-order valence-electron chi connectivity index (χ2n) is 9.85. The Morgan fingerprint density at radius 3 is 2.61 bits per heavy atom. The van der Waals surface area contributed by atoms with E-state index in [1.54, 1.807) is 13.1 Å². The van der Waals surface area contributed by atoms with Gasteiger partial charge in [0.05, 0.1) is 18.6 Å². The molecule has 0 unspecified atom stereocenters. The predicted molar refractivity (Wildman–Crippen MR) is 138 cm³/mol. The molecule has 36 heavy (non-hydrogen) atoms. The molecule has 0 radical (unpaired) electrons. The lowest BCUT2D eigenvalue weighted by Crippen LogP contribution is -2.51. The summed E-state index contributed by atoms with van der Waals surface area (Å²) >= 11 is 0. The lowest BCUT2D eigenvalue weighted by atomic mass is 9.81. The Balaban J connectivity index is 1.44. The number of nitrogens with zero attached hydrogens (tertiary/aromatic N) is 3. The fraction of sp³-hybridized carbons (Fsp3) is 0.379. The molecule has 186 valence electrons. The van der Waals surface area contributed by atoms with E-state index >= 15 is 0 Å². The summed E-state index contributed by atoms with van der Waals surface area (Å²) in [5.41, 5.74) is 4.55. The lowest BCUT2D eigenvalue weighted by molar-refractivity contribution is 0.0229. The molecule has 1 spiro atoms. The number of carbonyl (C=O) groups excluding carboxylic acids is 2. The van der Waals surface area contributed by atoms with Crippen molar-refractivity contribution < 1.29 is 19.1 Å². The highest BCUT2D eigenvalue weighted by molar-refractivity contribution is 6.02. The number of carbonyl (C=O) groups is 2. The second kappa shape index (κ2) is 9.37. The maximum Gasteiger partial charge on any atom is 0.343 e. The number of rotatable bonds is 4. The maximum absolute atomic E-state index is 13.1.